The summed E-state index contributed by atoms with van der Waals surface area (Å²) in [6.07, 6.45) is 0. The number of carbonyl (C=O) groups is 2. The van der Waals surface area contributed by atoms with E-state index in [2.05, 4.69) is 38.1 Å². The SMILES string of the molecule is CC(C)C(=O)N1CCN(c2ccc(NC(=S)NC(=O)c3cccc(I)c3)cc2)CC1. The van der Waals surface area contributed by atoms with Gasteiger partial charge in [0, 0.05) is 52.6 Å². The van der Waals surface area contributed by atoms with E-state index in [1.165, 1.54) is 0 Å². The van der Waals surface area contributed by atoms with Gasteiger partial charge in [0.25, 0.3) is 5.91 Å². The molecule has 30 heavy (non-hydrogen) atoms. The van der Waals surface area contributed by atoms with Crippen LogP contribution in [-0.4, -0.2) is 48.0 Å². The summed E-state index contributed by atoms with van der Waals surface area (Å²) in [5.41, 5.74) is 2.47. The van der Waals surface area contributed by atoms with E-state index in [9.17, 15) is 9.59 Å². The quantitative estimate of drug-likeness (QED) is 0.461. The Balaban J connectivity index is 1.51. The minimum atomic E-state index is -0.239. The maximum Gasteiger partial charge on any atom is 0.257 e. The molecular formula is C22H25IN4O2S. The van der Waals surface area contributed by atoms with Crippen LogP contribution in [0.2, 0.25) is 0 Å². The molecule has 0 radical (unpaired) electrons. The first-order valence-corrected chi connectivity index (χ1v) is 11.3. The predicted octanol–water partition coefficient (Wildman–Crippen LogP) is 3.72. The van der Waals surface area contributed by atoms with Crippen LogP contribution in [-0.2, 0) is 4.79 Å². The number of amides is 2. The number of rotatable bonds is 4. The summed E-state index contributed by atoms with van der Waals surface area (Å²) < 4.78 is 0.990. The van der Waals surface area contributed by atoms with Crippen molar-refractivity contribution in [3.63, 3.8) is 0 Å². The summed E-state index contributed by atoms with van der Waals surface area (Å²) in [5, 5.41) is 6.01. The third-order valence-electron chi connectivity index (χ3n) is 4.89. The van der Waals surface area contributed by atoms with Crippen LogP contribution in [0.25, 0.3) is 0 Å². The highest BCUT2D eigenvalue weighted by atomic mass is 127. The van der Waals surface area contributed by atoms with Gasteiger partial charge in [-0.3, -0.25) is 14.9 Å². The molecule has 0 atom stereocenters. The summed E-state index contributed by atoms with van der Waals surface area (Å²) >= 11 is 7.44. The molecule has 3 rings (SSSR count). The lowest BCUT2D eigenvalue weighted by Crippen LogP contribution is -2.49. The molecule has 1 fully saturated rings. The van der Waals surface area contributed by atoms with Crippen molar-refractivity contribution in [2.45, 2.75) is 13.8 Å². The Hall–Kier alpha value is -2.20. The van der Waals surface area contributed by atoms with E-state index in [1.54, 1.807) is 6.07 Å². The number of anilines is 2. The Morgan fingerprint density at radius 1 is 1.03 bits per heavy atom. The lowest BCUT2D eigenvalue weighted by Gasteiger charge is -2.37. The number of nitrogens with zero attached hydrogens (tertiary/aromatic N) is 2. The Kier molecular flexibility index (Phi) is 7.65. The monoisotopic (exact) mass is 536 g/mol. The number of piperazine rings is 1. The minimum Gasteiger partial charge on any atom is -0.368 e. The smallest absolute Gasteiger partial charge is 0.257 e. The van der Waals surface area contributed by atoms with Crippen LogP contribution in [0.1, 0.15) is 24.2 Å². The van der Waals surface area contributed by atoms with Crippen molar-refractivity contribution in [1.82, 2.24) is 10.2 Å². The highest BCUT2D eigenvalue weighted by molar-refractivity contribution is 14.1. The number of carbonyl (C=O) groups excluding carboxylic acids is 2. The summed E-state index contributed by atoms with van der Waals surface area (Å²) in [4.78, 5) is 28.6. The first-order valence-electron chi connectivity index (χ1n) is 9.85. The molecule has 2 N–H and O–H groups in total. The van der Waals surface area contributed by atoms with Gasteiger partial charge in [0.15, 0.2) is 5.11 Å². The number of hydrogen-bond donors (Lipinski definition) is 2. The molecule has 2 aromatic rings. The second-order valence-electron chi connectivity index (χ2n) is 7.43. The topological polar surface area (TPSA) is 64.7 Å². The van der Waals surface area contributed by atoms with Crippen molar-refractivity contribution >= 4 is 63.1 Å². The molecule has 1 aliphatic heterocycles. The van der Waals surface area contributed by atoms with Gasteiger partial charge in [0.2, 0.25) is 5.91 Å². The third-order valence-corrected chi connectivity index (χ3v) is 5.76. The average molecular weight is 536 g/mol. The van der Waals surface area contributed by atoms with Crippen molar-refractivity contribution in [3.05, 3.63) is 57.7 Å². The van der Waals surface area contributed by atoms with Gasteiger partial charge in [0.1, 0.15) is 0 Å². The molecule has 0 unspecified atom stereocenters. The maximum atomic E-state index is 12.3. The van der Waals surface area contributed by atoms with E-state index >= 15 is 0 Å². The number of nitrogens with one attached hydrogen (secondary N) is 2. The molecule has 8 heteroatoms. The van der Waals surface area contributed by atoms with Crippen molar-refractivity contribution in [3.8, 4) is 0 Å². The van der Waals surface area contributed by atoms with Crippen LogP contribution in [0.4, 0.5) is 11.4 Å². The third kappa shape index (κ3) is 5.91. The molecule has 1 saturated heterocycles. The molecule has 0 spiro atoms. The number of thiocarbonyl (C=S) groups is 1. The lowest BCUT2D eigenvalue weighted by atomic mass is 10.1. The highest BCUT2D eigenvalue weighted by Gasteiger charge is 2.22. The van der Waals surface area contributed by atoms with Gasteiger partial charge >= 0.3 is 0 Å². The molecule has 2 amide bonds. The summed E-state index contributed by atoms with van der Waals surface area (Å²) in [6.45, 7) is 6.99. The van der Waals surface area contributed by atoms with Crippen molar-refractivity contribution in [1.29, 1.82) is 0 Å². The molecule has 158 valence electrons. The van der Waals surface area contributed by atoms with E-state index < -0.39 is 0 Å². The second kappa shape index (κ2) is 10.2. The fourth-order valence-electron chi connectivity index (χ4n) is 3.27. The van der Waals surface area contributed by atoms with Crippen LogP contribution < -0.4 is 15.5 Å². The van der Waals surface area contributed by atoms with Crippen molar-refractivity contribution in [2.75, 3.05) is 36.4 Å². The summed E-state index contributed by atoms with van der Waals surface area (Å²) in [7, 11) is 0. The molecule has 1 aliphatic rings. The molecule has 0 aliphatic carbocycles. The van der Waals surface area contributed by atoms with E-state index in [0.29, 0.717) is 5.56 Å². The maximum absolute atomic E-state index is 12.3. The second-order valence-corrected chi connectivity index (χ2v) is 9.09. The Bertz CT molecular complexity index is 925. The zero-order chi connectivity index (χ0) is 21.7. The lowest BCUT2D eigenvalue weighted by molar-refractivity contribution is -0.134. The molecule has 2 aromatic carbocycles. The number of hydrogen-bond acceptors (Lipinski definition) is 4. The van der Waals surface area contributed by atoms with Crippen molar-refractivity contribution < 1.29 is 9.59 Å². The van der Waals surface area contributed by atoms with Gasteiger partial charge in [-0.1, -0.05) is 19.9 Å². The molecule has 0 saturated carbocycles. The Labute approximate surface area is 196 Å². The number of benzene rings is 2. The van der Waals surface area contributed by atoms with E-state index in [0.717, 1.165) is 41.1 Å². The first kappa shape index (κ1) is 22.5. The van der Waals surface area contributed by atoms with Crippen LogP contribution >= 0.6 is 34.8 Å². The standard InChI is InChI=1S/C22H25IN4O2S/c1-15(2)21(29)27-12-10-26(11-13-27)19-8-6-18(7-9-19)24-22(30)25-20(28)16-4-3-5-17(23)14-16/h3-9,14-15H,10-13H2,1-2H3,(H2,24,25,28,30). The molecule has 0 aromatic heterocycles. The molecule has 6 nitrogen and oxygen atoms in total. The fourth-order valence-corrected chi connectivity index (χ4v) is 4.03. The van der Waals surface area contributed by atoms with Gasteiger partial charge in [-0.15, -0.1) is 0 Å². The van der Waals surface area contributed by atoms with Gasteiger partial charge in [0.05, 0.1) is 0 Å². The van der Waals surface area contributed by atoms with E-state index in [-0.39, 0.29) is 22.8 Å². The highest BCUT2D eigenvalue weighted by Crippen LogP contribution is 2.20. The van der Waals surface area contributed by atoms with Crippen LogP contribution in [0, 0.1) is 9.49 Å². The zero-order valence-electron chi connectivity index (χ0n) is 17.0. The summed E-state index contributed by atoms with van der Waals surface area (Å²) in [5.74, 6) is 0.0168. The van der Waals surface area contributed by atoms with Crippen molar-refractivity contribution in [2.24, 2.45) is 5.92 Å². The molecule has 0 bridgehead atoms. The van der Waals surface area contributed by atoms with Crippen LogP contribution in [0.3, 0.4) is 0 Å². The minimum absolute atomic E-state index is 0.0387. The number of halogens is 1. The Morgan fingerprint density at radius 3 is 2.30 bits per heavy atom. The van der Waals surface area contributed by atoms with Gasteiger partial charge in [-0.2, -0.15) is 0 Å². The van der Waals surface area contributed by atoms with E-state index in [4.69, 9.17) is 12.2 Å². The van der Waals surface area contributed by atoms with Crippen LogP contribution in [0.15, 0.2) is 48.5 Å². The Morgan fingerprint density at radius 2 is 1.70 bits per heavy atom. The largest absolute Gasteiger partial charge is 0.368 e. The van der Waals surface area contributed by atoms with Crippen LogP contribution in [0.5, 0.6) is 0 Å². The van der Waals surface area contributed by atoms with Gasteiger partial charge in [-0.25, -0.2) is 0 Å². The normalized spacial score (nSPS) is 13.9. The summed E-state index contributed by atoms with van der Waals surface area (Å²) in [6, 6.07) is 15.2. The predicted molar refractivity (Wildman–Crippen MR) is 133 cm³/mol. The fraction of sp³-hybridized carbons (Fsp3) is 0.318. The van der Waals surface area contributed by atoms with Gasteiger partial charge < -0.3 is 15.1 Å². The molecular weight excluding hydrogens is 511 g/mol. The van der Waals surface area contributed by atoms with Gasteiger partial charge in [-0.05, 0) is 77.3 Å². The first-order chi connectivity index (χ1) is 14.3. The molecule has 1 heterocycles. The van der Waals surface area contributed by atoms with E-state index in [1.807, 2.05) is 61.2 Å². The average Bonchev–Trinajstić information content (AvgIpc) is 2.73. The zero-order valence-corrected chi connectivity index (χ0v) is 20.0.